The highest BCUT2D eigenvalue weighted by Crippen LogP contribution is 2.34. The molecule has 4 nitrogen and oxygen atoms in total. The Bertz CT molecular complexity index is 913. The molecule has 1 aromatic heterocycles. The number of hydrogen-bond acceptors (Lipinski definition) is 4. The third-order valence-corrected chi connectivity index (χ3v) is 6.18. The number of nitrogens with zero attached hydrogens (tertiary/aromatic N) is 3. The molecule has 3 aromatic rings. The largest absolute Gasteiger partial charge is 0.505 e. The summed E-state index contributed by atoms with van der Waals surface area (Å²) in [5.74, 6) is 0.239. The maximum Gasteiger partial charge on any atom is 0.146 e. The summed E-state index contributed by atoms with van der Waals surface area (Å²) in [6.45, 7) is 3.91. The Balaban J connectivity index is 1.66. The van der Waals surface area contributed by atoms with E-state index in [2.05, 4.69) is 22.3 Å². The minimum absolute atomic E-state index is 0.239. The summed E-state index contributed by atoms with van der Waals surface area (Å²) in [6, 6.07) is 10.2. The van der Waals surface area contributed by atoms with Crippen LogP contribution in [0.4, 0.5) is 0 Å². The van der Waals surface area contributed by atoms with Gasteiger partial charge in [-0.2, -0.15) is 0 Å². The van der Waals surface area contributed by atoms with Crippen LogP contribution in [0, 0.1) is 13.8 Å². The Morgan fingerprint density at radius 3 is 2.56 bits per heavy atom. The third-order valence-electron chi connectivity index (χ3n) is 4.85. The van der Waals surface area contributed by atoms with Gasteiger partial charge in [-0.1, -0.05) is 25.3 Å². The average molecular weight is 353 g/mol. The lowest BCUT2D eigenvalue weighted by Crippen LogP contribution is -2.07. The number of aromatic nitrogens is 3. The fourth-order valence-corrected chi connectivity index (χ4v) is 4.82. The maximum absolute atomic E-state index is 10.4. The summed E-state index contributed by atoms with van der Waals surface area (Å²) < 4.78 is 0. The molecule has 4 rings (SSSR count). The van der Waals surface area contributed by atoms with Crippen LogP contribution in [0.25, 0.3) is 16.7 Å². The van der Waals surface area contributed by atoms with Gasteiger partial charge in [0.2, 0.25) is 0 Å². The molecule has 0 saturated heterocycles. The predicted octanol–water partition coefficient (Wildman–Crippen LogP) is 5.17. The molecule has 0 unspecified atom stereocenters. The van der Waals surface area contributed by atoms with Crippen LogP contribution < -0.4 is 0 Å². The quantitative estimate of drug-likeness (QED) is 0.706. The van der Waals surface area contributed by atoms with Crippen molar-refractivity contribution in [2.45, 2.75) is 56.1 Å². The molecule has 25 heavy (non-hydrogen) atoms. The van der Waals surface area contributed by atoms with Crippen LogP contribution in [0.2, 0.25) is 0 Å². The first-order valence-electron chi connectivity index (χ1n) is 8.94. The van der Waals surface area contributed by atoms with Gasteiger partial charge in [0, 0.05) is 10.1 Å². The van der Waals surface area contributed by atoms with Gasteiger partial charge in [-0.3, -0.25) is 0 Å². The second-order valence-corrected chi connectivity index (χ2v) is 8.34. The van der Waals surface area contributed by atoms with Crippen molar-refractivity contribution in [3.05, 3.63) is 41.5 Å². The Morgan fingerprint density at radius 1 is 1.00 bits per heavy atom. The minimum Gasteiger partial charge on any atom is -0.505 e. The zero-order valence-electron chi connectivity index (χ0n) is 14.7. The van der Waals surface area contributed by atoms with Gasteiger partial charge >= 0.3 is 0 Å². The van der Waals surface area contributed by atoms with Crippen LogP contribution in [-0.2, 0) is 0 Å². The summed E-state index contributed by atoms with van der Waals surface area (Å²) >= 11 is 1.97. The Labute approximate surface area is 152 Å². The molecular formula is C20H23N3OS. The van der Waals surface area contributed by atoms with Gasteiger partial charge in [-0.05, 0) is 62.1 Å². The van der Waals surface area contributed by atoms with E-state index in [0.29, 0.717) is 5.69 Å². The van der Waals surface area contributed by atoms with E-state index >= 15 is 0 Å². The standard InChI is InChI=1S/C20H23N3OS/c1-13-10-14(2)20(24)19(11-13)23-21-17-9-8-16(12-18(17)22-23)25-15-6-4-3-5-7-15/h8-12,15,24H,3-7H2,1-2H3. The lowest BCUT2D eigenvalue weighted by Gasteiger charge is -2.20. The van der Waals surface area contributed by atoms with Crippen molar-refractivity contribution in [3.63, 3.8) is 0 Å². The fraction of sp³-hybridized carbons (Fsp3) is 0.400. The first kappa shape index (κ1) is 16.5. The minimum atomic E-state index is 0.239. The zero-order chi connectivity index (χ0) is 17.4. The monoisotopic (exact) mass is 353 g/mol. The van der Waals surface area contributed by atoms with Crippen molar-refractivity contribution >= 4 is 22.8 Å². The molecule has 1 N–H and O–H groups in total. The SMILES string of the molecule is Cc1cc(C)c(O)c(-n2nc3ccc(SC4CCCCC4)cc3n2)c1. The summed E-state index contributed by atoms with van der Waals surface area (Å²) in [4.78, 5) is 2.81. The molecule has 1 saturated carbocycles. The number of fused-ring (bicyclic) bond motifs is 1. The molecule has 1 aliphatic carbocycles. The number of phenols is 1. The lowest BCUT2D eigenvalue weighted by molar-refractivity contribution is 0.463. The van der Waals surface area contributed by atoms with Gasteiger partial charge in [0.05, 0.1) is 0 Å². The van der Waals surface area contributed by atoms with Gasteiger partial charge in [-0.25, -0.2) is 0 Å². The molecule has 130 valence electrons. The average Bonchev–Trinajstić information content (AvgIpc) is 3.02. The first-order chi connectivity index (χ1) is 12.1. The predicted molar refractivity (Wildman–Crippen MR) is 103 cm³/mol. The molecule has 0 spiro atoms. The topological polar surface area (TPSA) is 50.9 Å². The number of rotatable bonds is 3. The van der Waals surface area contributed by atoms with Crippen LogP contribution in [0.5, 0.6) is 5.75 Å². The highest BCUT2D eigenvalue weighted by Gasteiger charge is 2.16. The van der Waals surface area contributed by atoms with Crippen molar-refractivity contribution in [2.75, 3.05) is 0 Å². The van der Waals surface area contributed by atoms with E-state index in [4.69, 9.17) is 0 Å². The van der Waals surface area contributed by atoms with Gasteiger partial charge in [0.15, 0.2) is 0 Å². The van der Waals surface area contributed by atoms with Crippen molar-refractivity contribution < 1.29 is 5.11 Å². The highest BCUT2D eigenvalue weighted by atomic mass is 32.2. The van der Waals surface area contributed by atoms with Crippen LogP contribution in [-0.4, -0.2) is 25.4 Å². The molecule has 5 heteroatoms. The number of benzene rings is 2. The van der Waals surface area contributed by atoms with Crippen LogP contribution >= 0.6 is 11.8 Å². The van der Waals surface area contributed by atoms with Gasteiger partial charge < -0.3 is 5.11 Å². The molecule has 0 bridgehead atoms. The number of aromatic hydroxyl groups is 1. The first-order valence-corrected chi connectivity index (χ1v) is 9.82. The van der Waals surface area contributed by atoms with Crippen LogP contribution in [0.3, 0.4) is 0 Å². The molecular weight excluding hydrogens is 330 g/mol. The number of thioether (sulfide) groups is 1. The number of aryl methyl sites for hydroxylation is 2. The normalized spacial score (nSPS) is 15.8. The van der Waals surface area contributed by atoms with Crippen LogP contribution in [0.1, 0.15) is 43.2 Å². The molecule has 0 aliphatic heterocycles. The fourth-order valence-electron chi connectivity index (χ4n) is 3.54. The molecule has 1 heterocycles. The molecule has 0 radical (unpaired) electrons. The smallest absolute Gasteiger partial charge is 0.146 e. The Kier molecular flexibility index (Phi) is 4.42. The Morgan fingerprint density at radius 2 is 1.76 bits per heavy atom. The van der Waals surface area contributed by atoms with Crippen LogP contribution in [0.15, 0.2) is 35.2 Å². The van der Waals surface area contributed by atoms with Crippen molar-refractivity contribution in [1.82, 2.24) is 15.0 Å². The van der Waals surface area contributed by atoms with E-state index < -0.39 is 0 Å². The van der Waals surface area contributed by atoms with Gasteiger partial charge in [-0.15, -0.1) is 26.8 Å². The maximum atomic E-state index is 10.4. The third kappa shape index (κ3) is 3.38. The van der Waals surface area contributed by atoms with E-state index in [0.717, 1.165) is 27.4 Å². The number of phenolic OH excluding ortho intramolecular Hbond substituents is 1. The van der Waals surface area contributed by atoms with Crippen molar-refractivity contribution in [2.24, 2.45) is 0 Å². The summed E-state index contributed by atoms with van der Waals surface area (Å²) in [5, 5.41) is 20.3. The van der Waals surface area contributed by atoms with Gasteiger partial charge in [0.25, 0.3) is 0 Å². The molecule has 1 fully saturated rings. The van der Waals surface area contributed by atoms with E-state index in [1.807, 2.05) is 43.8 Å². The lowest BCUT2D eigenvalue weighted by atomic mass is 10.0. The molecule has 1 aliphatic rings. The summed E-state index contributed by atoms with van der Waals surface area (Å²) in [6.07, 6.45) is 6.70. The second kappa shape index (κ2) is 6.71. The number of hydrogen-bond donors (Lipinski definition) is 1. The highest BCUT2D eigenvalue weighted by molar-refractivity contribution is 8.00. The van der Waals surface area contributed by atoms with Crippen molar-refractivity contribution in [1.29, 1.82) is 0 Å². The molecule has 2 aromatic carbocycles. The molecule has 0 atom stereocenters. The Hall–Kier alpha value is -2.01. The van der Waals surface area contributed by atoms with Crippen molar-refractivity contribution in [3.8, 4) is 11.4 Å². The zero-order valence-corrected chi connectivity index (χ0v) is 15.5. The van der Waals surface area contributed by atoms with E-state index in [1.54, 1.807) is 4.80 Å². The summed E-state index contributed by atoms with van der Waals surface area (Å²) in [5.41, 5.74) is 4.28. The van der Waals surface area contributed by atoms with E-state index in [1.165, 1.54) is 37.0 Å². The van der Waals surface area contributed by atoms with E-state index in [9.17, 15) is 5.11 Å². The molecule has 0 amide bonds. The second-order valence-electron chi connectivity index (χ2n) is 6.97. The van der Waals surface area contributed by atoms with Gasteiger partial charge in [0.1, 0.15) is 22.5 Å². The van der Waals surface area contributed by atoms with E-state index in [-0.39, 0.29) is 5.75 Å². The summed E-state index contributed by atoms with van der Waals surface area (Å²) in [7, 11) is 0.